The third-order valence-corrected chi connectivity index (χ3v) is 3.33. The van der Waals surface area contributed by atoms with E-state index in [0.29, 0.717) is 10.7 Å². The maximum absolute atomic E-state index is 10.7. The summed E-state index contributed by atoms with van der Waals surface area (Å²) >= 11 is 5.84. The lowest BCUT2D eigenvalue weighted by atomic mass is 10.1. The van der Waals surface area contributed by atoms with Crippen LogP contribution in [0.4, 0.5) is 11.4 Å². The topological polar surface area (TPSA) is 79.0 Å². The Morgan fingerprint density at radius 3 is 2.52 bits per heavy atom. The van der Waals surface area contributed by atoms with Crippen molar-refractivity contribution in [1.82, 2.24) is 0 Å². The maximum atomic E-state index is 10.7. The summed E-state index contributed by atoms with van der Waals surface area (Å²) < 4.78 is 0. The van der Waals surface area contributed by atoms with Gasteiger partial charge in [0.1, 0.15) is 6.07 Å². The molecule has 0 amide bonds. The molecule has 0 aliphatic carbocycles. The molecule has 0 bridgehead atoms. The predicted octanol–water partition coefficient (Wildman–Crippen LogP) is 4.29. The fraction of sp³-hybridized carbons (Fsp3) is 0.133. The van der Waals surface area contributed by atoms with E-state index in [1.807, 2.05) is 25.1 Å². The van der Waals surface area contributed by atoms with Crippen molar-refractivity contribution >= 4 is 23.0 Å². The number of nitriles is 1. The van der Waals surface area contributed by atoms with Crippen LogP contribution < -0.4 is 5.32 Å². The monoisotopic (exact) mass is 301 g/mol. The van der Waals surface area contributed by atoms with Crippen LogP contribution in [0.1, 0.15) is 24.1 Å². The van der Waals surface area contributed by atoms with Gasteiger partial charge in [0.15, 0.2) is 0 Å². The van der Waals surface area contributed by atoms with E-state index in [0.717, 1.165) is 5.56 Å². The summed E-state index contributed by atoms with van der Waals surface area (Å²) in [6.45, 7) is 1.94. The molecular formula is C15H12ClN3O2. The van der Waals surface area contributed by atoms with Gasteiger partial charge in [-0.3, -0.25) is 10.1 Å². The average molecular weight is 302 g/mol. The molecule has 0 saturated carbocycles. The molecule has 1 atom stereocenters. The van der Waals surface area contributed by atoms with Gasteiger partial charge in [0.05, 0.1) is 16.2 Å². The van der Waals surface area contributed by atoms with E-state index < -0.39 is 4.92 Å². The van der Waals surface area contributed by atoms with Gasteiger partial charge < -0.3 is 5.32 Å². The van der Waals surface area contributed by atoms with Gasteiger partial charge in [0.2, 0.25) is 0 Å². The quantitative estimate of drug-likeness (QED) is 0.674. The van der Waals surface area contributed by atoms with Gasteiger partial charge in [-0.25, -0.2) is 0 Å². The summed E-state index contributed by atoms with van der Waals surface area (Å²) in [4.78, 5) is 10.2. The molecule has 5 nitrogen and oxygen atoms in total. The third-order valence-electron chi connectivity index (χ3n) is 3.08. The van der Waals surface area contributed by atoms with E-state index in [4.69, 9.17) is 16.9 Å². The SMILES string of the molecule is C[C@H](Nc1ccc([N+](=O)[O-])cc1C#N)c1ccc(Cl)cc1. The molecule has 21 heavy (non-hydrogen) atoms. The number of hydrogen-bond acceptors (Lipinski definition) is 4. The van der Waals surface area contributed by atoms with Crippen LogP contribution in [0.3, 0.4) is 0 Å². The summed E-state index contributed by atoms with van der Waals surface area (Å²) in [5.41, 5.74) is 1.70. The summed E-state index contributed by atoms with van der Waals surface area (Å²) in [7, 11) is 0. The molecule has 0 aliphatic rings. The minimum Gasteiger partial charge on any atom is -0.377 e. The first-order valence-electron chi connectivity index (χ1n) is 6.22. The van der Waals surface area contributed by atoms with Crippen LogP contribution in [0.25, 0.3) is 0 Å². The maximum Gasteiger partial charge on any atom is 0.270 e. The van der Waals surface area contributed by atoms with Gasteiger partial charge in [0.25, 0.3) is 5.69 Å². The van der Waals surface area contributed by atoms with Crippen LogP contribution in [0.2, 0.25) is 5.02 Å². The standard InChI is InChI=1S/C15H12ClN3O2/c1-10(11-2-4-13(16)5-3-11)18-15-7-6-14(19(20)21)8-12(15)9-17/h2-8,10,18H,1H3/t10-/m0/s1. The van der Waals surface area contributed by atoms with Crippen molar-refractivity contribution in [3.05, 3.63) is 68.7 Å². The van der Waals surface area contributed by atoms with Crippen molar-refractivity contribution in [3.8, 4) is 6.07 Å². The van der Waals surface area contributed by atoms with E-state index in [2.05, 4.69) is 5.32 Å². The molecule has 0 fully saturated rings. The Morgan fingerprint density at radius 1 is 1.29 bits per heavy atom. The number of non-ortho nitro benzene ring substituents is 1. The van der Waals surface area contributed by atoms with Crippen molar-refractivity contribution in [2.24, 2.45) is 0 Å². The number of nitro benzene ring substituents is 1. The van der Waals surface area contributed by atoms with Crippen LogP contribution in [0.15, 0.2) is 42.5 Å². The largest absolute Gasteiger partial charge is 0.377 e. The fourth-order valence-electron chi connectivity index (χ4n) is 1.93. The highest BCUT2D eigenvalue weighted by Crippen LogP contribution is 2.26. The summed E-state index contributed by atoms with van der Waals surface area (Å²) in [6.07, 6.45) is 0. The first-order valence-corrected chi connectivity index (χ1v) is 6.59. The molecule has 0 saturated heterocycles. The number of rotatable bonds is 4. The van der Waals surface area contributed by atoms with Crippen LogP contribution >= 0.6 is 11.6 Å². The van der Waals surface area contributed by atoms with E-state index in [-0.39, 0.29) is 17.3 Å². The number of nitrogens with one attached hydrogen (secondary N) is 1. The molecule has 106 valence electrons. The number of nitrogens with zero attached hydrogens (tertiary/aromatic N) is 2. The lowest BCUT2D eigenvalue weighted by Crippen LogP contribution is -2.08. The summed E-state index contributed by atoms with van der Waals surface area (Å²) in [5.74, 6) is 0. The highest BCUT2D eigenvalue weighted by molar-refractivity contribution is 6.30. The molecular weight excluding hydrogens is 290 g/mol. The average Bonchev–Trinajstić information content (AvgIpc) is 2.48. The minimum atomic E-state index is -0.521. The second-order valence-corrected chi connectivity index (χ2v) is 4.95. The number of benzene rings is 2. The molecule has 0 spiro atoms. The van der Waals surface area contributed by atoms with Crippen LogP contribution in [0, 0.1) is 21.4 Å². The van der Waals surface area contributed by atoms with Gasteiger partial charge in [-0.2, -0.15) is 5.26 Å². The lowest BCUT2D eigenvalue weighted by Gasteiger charge is -2.16. The molecule has 0 aliphatic heterocycles. The van der Waals surface area contributed by atoms with Crippen molar-refractivity contribution in [1.29, 1.82) is 5.26 Å². The Kier molecular flexibility index (Phi) is 4.41. The molecule has 2 rings (SSSR count). The molecule has 0 heterocycles. The fourth-order valence-corrected chi connectivity index (χ4v) is 2.06. The molecule has 0 unspecified atom stereocenters. The van der Waals surface area contributed by atoms with E-state index >= 15 is 0 Å². The molecule has 6 heteroatoms. The van der Waals surface area contributed by atoms with Gasteiger partial charge in [-0.1, -0.05) is 23.7 Å². The Bertz CT molecular complexity index is 708. The van der Waals surface area contributed by atoms with Gasteiger partial charge in [0, 0.05) is 23.2 Å². The minimum absolute atomic E-state index is 0.0594. The van der Waals surface area contributed by atoms with Gasteiger partial charge in [-0.05, 0) is 30.7 Å². The Hall–Kier alpha value is -2.58. The van der Waals surface area contributed by atoms with Gasteiger partial charge in [-0.15, -0.1) is 0 Å². The van der Waals surface area contributed by atoms with Crippen molar-refractivity contribution in [2.45, 2.75) is 13.0 Å². The second-order valence-electron chi connectivity index (χ2n) is 4.52. The summed E-state index contributed by atoms with van der Waals surface area (Å²) in [6, 6.07) is 13.4. The second kappa shape index (κ2) is 6.25. The Labute approximate surface area is 126 Å². The first kappa shape index (κ1) is 14.8. The summed E-state index contributed by atoms with van der Waals surface area (Å²) in [5, 5.41) is 23.7. The van der Waals surface area contributed by atoms with Crippen molar-refractivity contribution < 1.29 is 4.92 Å². The number of halogens is 1. The number of anilines is 1. The zero-order chi connectivity index (χ0) is 15.4. The van der Waals surface area contributed by atoms with Gasteiger partial charge >= 0.3 is 0 Å². The van der Waals surface area contributed by atoms with Crippen LogP contribution in [-0.4, -0.2) is 4.92 Å². The van der Waals surface area contributed by atoms with Crippen molar-refractivity contribution in [3.63, 3.8) is 0 Å². The highest BCUT2D eigenvalue weighted by Gasteiger charge is 2.13. The first-order chi connectivity index (χ1) is 10.0. The number of nitro groups is 1. The molecule has 0 radical (unpaired) electrons. The highest BCUT2D eigenvalue weighted by atomic mass is 35.5. The molecule has 2 aromatic carbocycles. The van der Waals surface area contributed by atoms with E-state index in [9.17, 15) is 10.1 Å². The van der Waals surface area contributed by atoms with E-state index in [1.165, 1.54) is 12.1 Å². The molecule has 1 N–H and O–H groups in total. The molecule has 2 aromatic rings. The van der Waals surface area contributed by atoms with E-state index in [1.54, 1.807) is 18.2 Å². The zero-order valence-corrected chi connectivity index (χ0v) is 12.0. The van der Waals surface area contributed by atoms with Crippen molar-refractivity contribution in [2.75, 3.05) is 5.32 Å². The predicted molar refractivity (Wildman–Crippen MR) is 81.3 cm³/mol. The smallest absolute Gasteiger partial charge is 0.270 e. The van der Waals surface area contributed by atoms with Crippen LogP contribution in [-0.2, 0) is 0 Å². The Balaban J connectivity index is 2.25. The Morgan fingerprint density at radius 2 is 1.95 bits per heavy atom. The zero-order valence-electron chi connectivity index (χ0n) is 11.2. The normalized spacial score (nSPS) is 11.5. The third kappa shape index (κ3) is 3.50. The number of hydrogen-bond donors (Lipinski definition) is 1. The lowest BCUT2D eigenvalue weighted by molar-refractivity contribution is -0.384. The molecule has 0 aromatic heterocycles. The van der Waals surface area contributed by atoms with Crippen LogP contribution in [0.5, 0.6) is 0 Å².